The summed E-state index contributed by atoms with van der Waals surface area (Å²) in [5.74, 6) is 0. The van der Waals surface area contributed by atoms with E-state index in [4.69, 9.17) is 5.26 Å². The van der Waals surface area contributed by atoms with Crippen LogP contribution in [0.15, 0.2) is 0 Å². The van der Waals surface area contributed by atoms with Crippen molar-refractivity contribution in [3.8, 4) is 6.07 Å². The summed E-state index contributed by atoms with van der Waals surface area (Å²) in [4.78, 5) is 0. The van der Waals surface area contributed by atoms with Crippen LogP contribution in [0.1, 0.15) is 12.8 Å². The van der Waals surface area contributed by atoms with Gasteiger partial charge in [0.25, 0.3) is 10.2 Å². The van der Waals surface area contributed by atoms with Crippen molar-refractivity contribution in [2.75, 3.05) is 32.7 Å². The summed E-state index contributed by atoms with van der Waals surface area (Å²) in [5.41, 5.74) is 0. The Morgan fingerprint density at radius 1 is 1.40 bits per heavy atom. The quantitative estimate of drug-likeness (QED) is 0.597. The number of unbranched alkanes of at least 4 members (excludes halogenated alkanes) is 1. The minimum absolute atomic E-state index is 0.333. The number of nitriles is 1. The van der Waals surface area contributed by atoms with Gasteiger partial charge in [-0.05, 0) is 6.42 Å². The largest absolute Gasteiger partial charge is 0.314 e. The molecule has 0 radical (unpaired) electrons. The Labute approximate surface area is 90.4 Å². The van der Waals surface area contributed by atoms with Crippen LogP contribution in [0.2, 0.25) is 0 Å². The Hall–Kier alpha value is -0.680. The topological polar surface area (TPSA) is 85.2 Å². The molecule has 1 rings (SSSR count). The standard InChI is InChI=1S/C8H16N4O2S/c9-3-1-2-4-11-15(13,14)12-7-5-10-6-8-12/h10-11H,1-2,4-8H2. The highest BCUT2D eigenvalue weighted by Gasteiger charge is 2.22. The molecule has 7 heteroatoms. The molecule has 1 heterocycles. The van der Waals surface area contributed by atoms with Crippen LogP contribution in [-0.2, 0) is 10.2 Å². The highest BCUT2D eigenvalue weighted by Crippen LogP contribution is 1.99. The van der Waals surface area contributed by atoms with Crippen LogP contribution in [-0.4, -0.2) is 45.4 Å². The van der Waals surface area contributed by atoms with E-state index in [1.807, 2.05) is 6.07 Å². The molecule has 0 amide bonds. The second-order valence-corrected chi connectivity index (χ2v) is 5.07. The van der Waals surface area contributed by atoms with Crippen LogP contribution in [0.25, 0.3) is 0 Å². The first-order valence-corrected chi connectivity index (χ1v) is 6.43. The van der Waals surface area contributed by atoms with Gasteiger partial charge in [-0.1, -0.05) is 0 Å². The molecule has 0 atom stereocenters. The second kappa shape index (κ2) is 6.02. The molecular formula is C8H16N4O2S. The number of hydrogen-bond donors (Lipinski definition) is 2. The average Bonchev–Trinajstić information content (AvgIpc) is 2.26. The van der Waals surface area contributed by atoms with Crippen LogP contribution < -0.4 is 10.0 Å². The summed E-state index contributed by atoms with van der Waals surface area (Å²) in [6.45, 7) is 2.74. The Bertz CT molecular complexity index is 316. The summed E-state index contributed by atoms with van der Waals surface area (Å²) in [6, 6.07) is 1.98. The van der Waals surface area contributed by atoms with Crippen molar-refractivity contribution in [3.63, 3.8) is 0 Å². The van der Waals surface area contributed by atoms with Crippen molar-refractivity contribution < 1.29 is 8.42 Å². The number of piperazine rings is 1. The summed E-state index contributed by atoms with van der Waals surface area (Å²) >= 11 is 0. The van der Waals surface area contributed by atoms with Gasteiger partial charge in [0.2, 0.25) is 0 Å². The Kier molecular flexibility index (Phi) is 4.98. The molecule has 1 aliphatic heterocycles. The normalized spacial score (nSPS) is 18.6. The summed E-state index contributed by atoms with van der Waals surface area (Å²) in [6.07, 6.45) is 0.936. The van der Waals surface area contributed by atoms with Crippen LogP contribution in [0.5, 0.6) is 0 Å². The molecule has 0 bridgehead atoms. The molecule has 0 aromatic rings. The zero-order valence-corrected chi connectivity index (χ0v) is 9.39. The van der Waals surface area contributed by atoms with Gasteiger partial charge < -0.3 is 5.32 Å². The third-order valence-corrected chi connectivity index (χ3v) is 3.78. The van der Waals surface area contributed by atoms with Gasteiger partial charge in [0.15, 0.2) is 0 Å². The smallest absolute Gasteiger partial charge is 0.279 e. The van der Waals surface area contributed by atoms with E-state index in [-0.39, 0.29) is 0 Å². The SMILES string of the molecule is N#CCCCNS(=O)(=O)N1CCNCC1. The molecule has 0 aromatic carbocycles. The average molecular weight is 232 g/mol. The predicted molar refractivity (Wildman–Crippen MR) is 56.2 cm³/mol. The summed E-state index contributed by atoms with van der Waals surface area (Å²) < 4.78 is 27.2. The lowest BCUT2D eigenvalue weighted by Gasteiger charge is -2.26. The van der Waals surface area contributed by atoms with Crippen molar-refractivity contribution in [2.45, 2.75) is 12.8 Å². The highest BCUT2D eigenvalue weighted by molar-refractivity contribution is 7.87. The van der Waals surface area contributed by atoms with E-state index in [9.17, 15) is 8.42 Å². The molecular weight excluding hydrogens is 216 g/mol. The molecule has 0 aromatic heterocycles. The molecule has 1 aliphatic rings. The van der Waals surface area contributed by atoms with Gasteiger partial charge in [0, 0.05) is 39.1 Å². The van der Waals surface area contributed by atoms with Crippen molar-refractivity contribution in [2.24, 2.45) is 0 Å². The molecule has 0 aliphatic carbocycles. The minimum atomic E-state index is -3.33. The molecule has 0 unspecified atom stereocenters. The van der Waals surface area contributed by atoms with Gasteiger partial charge in [-0.15, -0.1) is 0 Å². The number of hydrogen-bond acceptors (Lipinski definition) is 4. The van der Waals surface area contributed by atoms with Gasteiger partial charge >= 0.3 is 0 Å². The lowest BCUT2D eigenvalue weighted by molar-refractivity contribution is 0.355. The highest BCUT2D eigenvalue weighted by atomic mass is 32.2. The zero-order valence-electron chi connectivity index (χ0n) is 8.57. The number of nitrogens with one attached hydrogen (secondary N) is 2. The Morgan fingerprint density at radius 3 is 2.67 bits per heavy atom. The molecule has 2 N–H and O–H groups in total. The van der Waals surface area contributed by atoms with Crippen LogP contribution in [0.3, 0.4) is 0 Å². The first-order chi connectivity index (χ1) is 7.17. The fraction of sp³-hybridized carbons (Fsp3) is 0.875. The number of rotatable bonds is 5. The van der Waals surface area contributed by atoms with E-state index in [0.717, 1.165) is 0 Å². The maximum Gasteiger partial charge on any atom is 0.279 e. The lowest BCUT2D eigenvalue weighted by Crippen LogP contribution is -2.50. The maximum absolute atomic E-state index is 11.7. The minimum Gasteiger partial charge on any atom is -0.314 e. The van der Waals surface area contributed by atoms with Crippen molar-refractivity contribution >= 4 is 10.2 Å². The Balaban J connectivity index is 2.34. The molecule has 0 spiro atoms. The maximum atomic E-state index is 11.7. The van der Waals surface area contributed by atoms with Crippen LogP contribution in [0.4, 0.5) is 0 Å². The molecule has 0 saturated carbocycles. The van der Waals surface area contributed by atoms with E-state index in [2.05, 4.69) is 10.0 Å². The lowest BCUT2D eigenvalue weighted by atomic mass is 10.3. The molecule has 6 nitrogen and oxygen atoms in total. The second-order valence-electron chi connectivity index (χ2n) is 3.31. The van der Waals surface area contributed by atoms with Gasteiger partial charge in [0.05, 0.1) is 6.07 Å². The van der Waals surface area contributed by atoms with Gasteiger partial charge in [-0.3, -0.25) is 0 Å². The van der Waals surface area contributed by atoms with Crippen molar-refractivity contribution in [1.82, 2.24) is 14.3 Å². The van der Waals surface area contributed by atoms with E-state index in [1.165, 1.54) is 4.31 Å². The fourth-order valence-electron chi connectivity index (χ4n) is 1.34. The van der Waals surface area contributed by atoms with Crippen LogP contribution >= 0.6 is 0 Å². The third-order valence-electron chi connectivity index (χ3n) is 2.17. The van der Waals surface area contributed by atoms with E-state index < -0.39 is 10.2 Å². The molecule has 15 heavy (non-hydrogen) atoms. The third kappa shape index (κ3) is 4.13. The van der Waals surface area contributed by atoms with Gasteiger partial charge in [0.1, 0.15) is 0 Å². The molecule has 86 valence electrons. The van der Waals surface area contributed by atoms with Gasteiger partial charge in [-0.25, -0.2) is 4.72 Å². The van der Waals surface area contributed by atoms with E-state index in [1.54, 1.807) is 0 Å². The molecule has 1 fully saturated rings. The van der Waals surface area contributed by atoms with Gasteiger partial charge in [-0.2, -0.15) is 18.0 Å². The monoisotopic (exact) mass is 232 g/mol. The predicted octanol–water partition coefficient (Wildman–Crippen LogP) is -0.970. The van der Waals surface area contributed by atoms with Crippen molar-refractivity contribution in [3.05, 3.63) is 0 Å². The number of nitrogens with zero attached hydrogens (tertiary/aromatic N) is 2. The first kappa shape index (κ1) is 12.4. The van der Waals surface area contributed by atoms with Crippen LogP contribution in [0, 0.1) is 11.3 Å². The fourth-order valence-corrected chi connectivity index (χ4v) is 2.59. The zero-order chi connectivity index (χ0) is 11.1. The Morgan fingerprint density at radius 2 is 2.07 bits per heavy atom. The van der Waals surface area contributed by atoms with E-state index >= 15 is 0 Å². The van der Waals surface area contributed by atoms with E-state index in [0.29, 0.717) is 45.6 Å². The summed E-state index contributed by atoms with van der Waals surface area (Å²) in [7, 11) is -3.33. The van der Waals surface area contributed by atoms with Crippen molar-refractivity contribution in [1.29, 1.82) is 5.26 Å². The first-order valence-electron chi connectivity index (χ1n) is 4.99. The molecule has 1 saturated heterocycles. The summed E-state index contributed by atoms with van der Waals surface area (Å²) in [5, 5.41) is 11.4.